The zero-order valence-electron chi connectivity index (χ0n) is 14.8. The number of amides is 1. The van der Waals surface area contributed by atoms with E-state index in [9.17, 15) is 13.2 Å². The summed E-state index contributed by atoms with van der Waals surface area (Å²) in [5.41, 5.74) is 0. The van der Waals surface area contributed by atoms with E-state index in [1.165, 1.54) is 16.2 Å². The fourth-order valence-corrected chi connectivity index (χ4v) is 6.92. The Hall–Kier alpha value is -1.62. The summed E-state index contributed by atoms with van der Waals surface area (Å²) in [4.78, 5) is 14.6. The van der Waals surface area contributed by atoms with Gasteiger partial charge in [0.1, 0.15) is 4.88 Å². The van der Waals surface area contributed by atoms with Crippen LogP contribution in [0.2, 0.25) is 5.02 Å². The number of aromatic nitrogens is 2. The van der Waals surface area contributed by atoms with Crippen molar-refractivity contribution in [2.45, 2.75) is 17.7 Å². The number of rotatable bonds is 5. The van der Waals surface area contributed by atoms with Crippen molar-refractivity contribution in [2.75, 3.05) is 24.3 Å². The molecule has 0 radical (unpaired) electrons. The number of fused-ring (bicyclic) bond motifs is 1. The predicted molar refractivity (Wildman–Crippen MR) is 111 cm³/mol. The molecule has 11 heteroatoms. The summed E-state index contributed by atoms with van der Waals surface area (Å²) in [6, 6.07) is 7.48. The molecule has 1 fully saturated rings. The van der Waals surface area contributed by atoms with Crippen LogP contribution in [0.25, 0.3) is 20.9 Å². The molecule has 3 heterocycles. The molecule has 7 nitrogen and oxygen atoms in total. The molecule has 1 aromatic carbocycles. The largest absolute Gasteiger partial charge is 0.410 e. The van der Waals surface area contributed by atoms with Crippen molar-refractivity contribution in [3.8, 4) is 10.8 Å². The smallest absolute Gasteiger partial charge is 0.277 e. The number of carbonyl (C=O) groups is 1. The van der Waals surface area contributed by atoms with Gasteiger partial charge in [-0.05, 0) is 12.5 Å². The second-order valence-corrected chi connectivity index (χ2v) is 11.1. The van der Waals surface area contributed by atoms with E-state index in [-0.39, 0.29) is 34.4 Å². The predicted octanol–water partition coefficient (Wildman–Crippen LogP) is 3.34. The van der Waals surface area contributed by atoms with E-state index in [4.69, 9.17) is 16.0 Å². The van der Waals surface area contributed by atoms with Crippen LogP contribution in [0.4, 0.5) is 0 Å². The van der Waals surface area contributed by atoms with Crippen LogP contribution >= 0.6 is 34.7 Å². The first-order valence-corrected chi connectivity index (χ1v) is 12.4. The van der Waals surface area contributed by atoms with E-state index in [0.717, 1.165) is 21.8 Å². The van der Waals surface area contributed by atoms with E-state index in [1.54, 1.807) is 7.05 Å². The number of hydrogen-bond acceptors (Lipinski definition) is 8. The molecule has 1 aliphatic heterocycles. The van der Waals surface area contributed by atoms with Crippen molar-refractivity contribution < 1.29 is 17.6 Å². The molecule has 4 rings (SSSR count). The maximum absolute atomic E-state index is 12.4. The lowest BCUT2D eigenvalue weighted by atomic mass is 10.2. The van der Waals surface area contributed by atoms with Gasteiger partial charge in [-0.1, -0.05) is 41.6 Å². The number of thiophene rings is 1. The first-order valence-electron chi connectivity index (χ1n) is 8.44. The number of nitrogens with zero attached hydrogens (tertiary/aromatic N) is 3. The van der Waals surface area contributed by atoms with Gasteiger partial charge >= 0.3 is 0 Å². The van der Waals surface area contributed by atoms with Gasteiger partial charge in [-0.2, -0.15) is 0 Å². The third-order valence-corrected chi connectivity index (χ3v) is 8.82. The lowest BCUT2D eigenvalue weighted by Crippen LogP contribution is -2.38. The standard InChI is InChI=1S/C17H16ClN3O4S3/c1-21(10-6-7-28(23,24)9-10)13(22)8-26-17-20-19-16(25-17)15-14(18)11-4-2-3-5-12(11)27-15/h2-5,10H,6-9H2,1H3/t10-/m0/s1. The fourth-order valence-electron chi connectivity index (χ4n) is 3.02. The Bertz CT molecular complexity index is 1140. The second kappa shape index (κ2) is 7.66. The summed E-state index contributed by atoms with van der Waals surface area (Å²) < 4.78 is 29.9. The first kappa shape index (κ1) is 19.7. The van der Waals surface area contributed by atoms with E-state index < -0.39 is 9.84 Å². The Morgan fingerprint density at radius 2 is 2.18 bits per heavy atom. The van der Waals surface area contributed by atoms with E-state index >= 15 is 0 Å². The molecule has 2 aromatic heterocycles. The van der Waals surface area contributed by atoms with Crippen molar-refractivity contribution in [3.63, 3.8) is 0 Å². The molecule has 3 aromatic rings. The quantitative estimate of drug-likeness (QED) is 0.542. The van der Waals surface area contributed by atoms with Crippen LogP contribution in [-0.2, 0) is 14.6 Å². The SMILES string of the molecule is CN(C(=O)CSc1nnc(-c2sc3ccccc3c2Cl)o1)[C@H]1CCS(=O)(=O)C1. The highest BCUT2D eigenvalue weighted by Gasteiger charge is 2.32. The van der Waals surface area contributed by atoms with Crippen molar-refractivity contribution in [1.29, 1.82) is 0 Å². The first-order chi connectivity index (χ1) is 13.3. The summed E-state index contributed by atoms with van der Waals surface area (Å²) in [6.07, 6.45) is 0.477. The normalized spacial score (nSPS) is 18.6. The van der Waals surface area contributed by atoms with Gasteiger partial charge in [0.05, 0.1) is 22.3 Å². The number of hydrogen-bond donors (Lipinski definition) is 0. The van der Waals surface area contributed by atoms with Crippen LogP contribution in [0.15, 0.2) is 33.9 Å². The van der Waals surface area contributed by atoms with Crippen LogP contribution in [-0.4, -0.2) is 59.8 Å². The van der Waals surface area contributed by atoms with E-state index in [1.807, 2.05) is 24.3 Å². The molecular formula is C17H16ClN3O4S3. The summed E-state index contributed by atoms with van der Waals surface area (Å²) >= 11 is 9.02. The van der Waals surface area contributed by atoms with Crippen LogP contribution in [0.1, 0.15) is 6.42 Å². The molecule has 28 heavy (non-hydrogen) atoms. The molecule has 0 bridgehead atoms. The van der Waals surface area contributed by atoms with Crippen molar-refractivity contribution in [1.82, 2.24) is 15.1 Å². The summed E-state index contributed by atoms with van der Waals surface area (Å²) in [5, 5.41) is 9.80. The topological polar surface area (TPSA) is 93.4 Å². The number of benzene rings is 1. The van der Waals surface area contributed by atoms with E-state index in [2.05, 4.69) is 10.2 Å². The van der Waals surface area contributed by atoms with Gasteiger partial charge in [0.2, 0.25) is 5.91 Å². The molecule has 0 unspecified atom stereocenters. The number of carbonyl (C=O) groups excluding carboxylic acids is 1. The maximum atomic E-state index is 12.4. The summed E-state index contributed by atoms with van der Waals surface area (Å²) in [6.45, 7) is 0. The highest BCUT2D eigenvalue weighted by Crippen LogP contribution is 2.41. The Balaban J connectivity index is 1.42. The van der Waals surface area contributed by atoms with Gasteiger partial charge in [-0.3, -0.25) is 4.79 Å². The molecule has 0 spiro atoms. The molecular weight excluding hydrogens is 442 g/mol. The van der Waals surface area contributed by atoms with Crippen LogP contribution in [0, 0.1) is 0 Å². The summed E-state index contributed by atoms with van der Waals surface area (Å²) in [7, 11) is -1.41. The van der Waals surface area contributed by atoms with Crippen molar-refractivity contribution >= 4 is 60.5 Å². The second-order valence-electron chi connectivity index (χ2n) is 6.46. The van der Waals surface area contributed by atoms with Crippen molar-refractivity contribution in [2.24, 2.45) is 0 Å². The van der Waals surface area contributed by atoms with Gasteiger partial charge in [-0.15, -0.1) is 21.5 Å². The Kier molecular flexibility index (Phi) is 5.38. The molecule has 1 atom stereocenters. The van der Waals surface area contributed by atoms with Crippen molar-refractivity contribution in [3.05, 3.63) is 29.3 Å². The van der Waals surface area contributed by atoms with Gasteiger partial charge < -0.3 is 9.32 Å². The Morgan fingerprint density at radius 3 is 2.89 bits per heavy atom. The molecule has 1 aliphatic rings. The third-order valence-electron chi connectivity index (χ3n) is 4.60. The van der Waals surface area contributed by atoms with Gasteiger partial charge in [0.15, 0.2) is 9.84 Å². The Morgan fingerprint density at radius 1 is 1.39 bits per heavy atom. The average Bonchev–Trinajstić information content (AvgIpc) is 3.37. The van der Waals surface area contributed by atoms with Gasteiger partial charge in [0.25, 0.3) is 11.1 Å². The maximum Gasteiger partial charge on any atom is 0.277 e. The number of thioether (sulfide) groups is 1. The lowest BCUT2D eigenvalue weighted by Gasteiger charge is -2.22. The highest BCUT2D eigenvalue weighted by atomic mass is 35.5. The zero-order valence-corrected chi connectivity index (χ0v) is 18.0. The lowest BCUT2D eigenvalue weighted by molar-refractivity contribution is -0.128. The average molecular weight is 458 g/mol. The Labute approximate surface area is 175 Å². The van der Waals surface area contributed by atoms with Gasteiger partial charge in [0, 0.05) is 23.2 Å². The fraction of sp³-hybridized carbons (Fsp3) is 0.353. The number of sulfone groups is 1. The zero-order chi connectivity index (χ0) is 19.9. The third kappa shape index (κ3) is 3.91. The molecule has 148 valence electrons. The molecule has 1 amide bonds. The molecule has 0 aliphatic carbocycles. The monoisotopic (exact) mass is 457 g/mol. The molecule has 0 saturated carbocycles. The molecule has 0 N–H and O–H groups in total. The minimum atomic E-state index is -3.04. The number of halogens is 1. The van der Waals surface area contributed by atoms with Crippen LogP contribution in [0.5, 0.6) is 0 Å². The van der Waals surface area contributed by atoms with Gasteiger partial charge in [-0.25, -0.2) is 8.42 Å². The van der Waals surface area contributed by atoms with E-state index in [0.29, 0.717) is 22.2 Å². The minimum Gasteiger partial charge on any atom is -0.410 e. The minimum absolute atomic E-state index is 0.0229. The highest BCUT2D eigenvalue weighted by molar-refractivity contribution is 7.99. The van der Waals surface area contributed by atoms with Crippen LogP contribution < -0.4 is 0 Å². The summed E-state index contributed by atoms with van der Waals surface area (Å²) in [5.74, 6) is 0.387. The molecule has 1 saturated heterocycles. The van der Waals surface area contributed by atoms with Crippen LogP contribution in [0.3, 0.4) is 0 Å².